The quantitative estimate of drug-likeness (QED) is 0.721. The molecule has 0 aromatic carbocycles. The second-order valence-electron chi connectivity index (χ2n) is 5.20. The molecule has 5 heteroatoms. The molecule has 2 aliphatic heterocycles. The van der Waals surface area contributed by atoms with Crippen LogP contribution < -0.4 is 5.32 Å². The van der Waals surface area contributed by atoms with Gasteiger partial charge in [0.1, 0.15) is 0 Å². The van der Waals surface area contributed by atoms with Gasteiger partial charge in [-0.1, -0.05) is 6.92 Å². The van der Waals surface area contributed by atoms with Crippen LogP contribution in [0.15, 0.2) is 0 Å². The number of piperidine rings is 1. The molecule has 2 rings (SSSR count). The normalized spacial score (nSPS) is 33.7. The smallest absolute Gasteiger partial charge is 0.308 e. The Kier molecular flexibility index (Phi) is 3.66. The number of nitrogens with zero attached hydrogens (tertiary/aromatic N) is 1. The van der Waals surface area contributed by atoms with E-state index in [4.69, 9.17) is 5.11 Å². The summed E-state index contributed by atoms with van der Waals surface area (Å²) in [4.78, 5) is 25.0. The molecular formula is C12H20N2O3. The third kappa shape index (κ3) is 2.60. The Balaban J connectivity index is 1.97. The minimum atomic E-state index is -0.778. The van der Waals surface area contributed by atoms with Crippen molar-refractivity contribution in [1.82, 2.24) is 10.2 Å². The van der Waals surface area contributed by atoms with E-state index in [-0.39, 0.29) is 17.7 Å². The minimum Gasteiger partial charge on any atom is -0.481 e. The fourth-order valence-corrected chi connectivity index (χ4v) is 2.75. The zero-order valence-electron chi connectivity index (χ0n) is 10.2. The van der Waals surface area contributed by atoms with Crippen molar-refractivity contribution >= 4 is 11.9 Å². The lowest BCUT2D eigenvalue weighted by Gasteiger charge is -2.33. The third-order valence-electron chi connectivity index (χ3n) is 3.92. The van der Waals surface area contributed by atoms with Crippen LogP contribution in [0, 0.1) is 17.8 Å². The average molecular weight is 240 g/mol. The Hall–Kier alpha value is -1.10. The number of carbonyl (C=O) groups excluding carboxylic acids is 1. The highest BCUT2D eigenvalue weighted by Crippen LogP contribution is 2.23. The molecular weight excluding hydrogens is 220 g/mol. The van der Waals surface area contributed by atoms with Crippen molar-refractivity contribution in [3.63, 3.8) is 0 Å². The van der Waals surface area contributed by atoms with Crippen LogP contribution in [0.25, 0.3) is 0 Å². The number of carbonyl (C=O) groups is 2. The lowest BCUT2D eigenvalue weighted by molar-refractivity contribution is -0.146. The molecule has 96 valence electrons. The zero-order valence-corrected chi connectivity index (χ0v) is 10.2. The Bertz CT molecular complexity index is 319. The van der Waals surface area contributed by atoms with Crippen LogP contribution in [0.3, 0.4) is 0 Å². The maximum absolute atomic E-state index is 12.3. The molecule has 0 aromatic heterocycles. The highest BCUT2D eigenvalue weighted by molar-refractivity contribution is 5.81. The molecule has 0 aliphatic carbocycles. The molecule has 0 bridgehead atoms. The first kappa shape index (κ1) is 12.4. The van der Waals surface area contributed by atoms with Crippen molar-refractivity contribution in [2.75, 3.05) is 26.2 Å². The number of hydrogen-bond donors (Lipinski definition) is 2. The largest absolute Gasteiger partial charge is 0.481 e. The molecule has 0 unspecified atom stereocenters. The molecule has 0 aromatic rings. The molecule has 1 amide bonds. The van der Waals surface area contributed by atoms with E-state index in [1.807, 2.05) is 0 Å². The van der Waals surface area contributed by atoms with E-state index in [0.717, 1.165) is 19.5 Å². The van der Waals surface area contributed by atoms with E-state index < -0.39 is 5.97 Å². The number of carboxylic acid groups (broad SMARTS) is 1. The van der Waals surface area contributed by atoms with Gasteiger partial charge in [-0.25, -0.2) is 0 Å². The maximum Gasteiger partial charge on any atom is 0.308 e. The molecule has 2 saturated heterocycles. The van der Waals surface area contributed by atoms with Crippen LogP contribution >= 0.6 is 0 Å². The lowest BCUT2D eigenvalue weighted by Crippen LogP contribution is -2.46. The van der Waals surface area contributed by atoms with Gasteiger partial charge in [0, 0.05) is 19.6 Å². The van der Waals surface area contributed by atoms with E-state index in [1.165, 1.54) is 0 Å². The van der Waals surface area contributed by atoms with Crippen LogP contribution in [0.5, 0.6) is 0 Å². The second kappa shape index (κ2) is 5.04. The summed E-state index contributed by atoms with van der Waals surface area (Å²) >= 11 is 0. The average Bonchev–Trinajstić information content (AvgIpc) is 2.74. The van der Waals surface area contributed by atoms with Gasteiger partial charge in [-0.3, -0.25) is 9.59 Å². The summed E-state index contributed by atoms with van der Waals surface area (Å²) in [5.41, 5.74) is 0. The Morgan fingerprint density at radius 3 is 2.71 bits per heavy atom. The number of carboxylic acids is 1. The first-order valence-electron chi connectivity index (χ1n) is 6.32. The standard InChI is InChI=1S/C12H20N2O3/c1-8-5-13-6-10(8)11(15)14-4-2-3-9(7-14)12(16)17/h8-10,13H,2-7H2,1H3,(H,16,17)/t8-,9+,10-/m1/s1. The minimum absolute atomic E-state index is 0.0301. The van der Waals surface area contributed by atoms with Crippen LogP contribution in [-0.2, 0) is 9.59 Å². The monoisotopic (exact) mass is 240 g/mol. The highest BCUT2D eigenvalue weighted by Gasteiger charge is 2.35. The van der Waals surface area contributed by atoms with Crippen molar-refractivity contribution in [1.29, 1.82) is 0 Å². The number of likely N-dealkylation sites (tertiary alicyclic amines) is 1. The summed E-state index contributed by atoms with van der Waals surface area (Å²) in [7, 11) is 0. The Morgan fingerprint density at radius 2 is 2.12 bits per heavy atom. The predicted molar refractivity (Wildman–Crippen MR) is 62.5 cm³/mol. The summed E-state index contributed by atoms with van der Waals surface area (Å²) in [6.45, 7) is 4.78. The lowest BCUT2D eigenvalue weighted by atomic mass is 9.93. The molecule has 2 heterocycles. The van der Waals surface area contributed by atoms with Gasteiger partial charge in [0.15, 0.2) is 0 Å². The van der Waals surface area contributed by atoms with Gasteiger partial charge in [0.05, 0.1) is 11.8 Å². The zero-order chi connectivity index (χ0) is 12.4. The van der Waals surface area contributed by atoms with E-state index in [1.54, 1.807) is 4.90 Å². The SMILES string of the molecule is C[C@@H]1CNC[C@H]1C(=O)N1CCC[C@H](C(=O)O)C1. The topological polar surface area (TPSA) is 69.6 Å². The van der Waals surface area contributed by atoms with Gasteiger partial charge in [0.2, 0.25) is 5.91 Å². The molecule has 0 saturated carbocycles. The third-order valence-corrected chi connectivity index (χ3v) is 3.92. The summed E-state index contributed by atoms with van der Waals surface area (Å²) < 4.78 is 0. The van der Waals surface area contributed by atoms with E-state index >= 15 is 0 Å². The molecule has 17 heavy (non-hydrogen) atoms. The molecule has 2 aliphatic rings. The first-order chi connectivity index (χ1) is 8.09. The molecule has 5 nitrogen and oxygen atoms in total. The first-order valence-corrected chi connectivity index (χ1v) is 6.32. The number of nitrogens with one attached hydrogen (secondary N) is 1. The van der Waals surface area contributed by atoms with Gasteiger partial charge in [-0.2, -0.15) is 0 Å². The van der Waals surface area contributed by atoms with E-state index in [9.17, 15) is 9.59 Å². The van der Waals surface area contributed by atoms with Crippen molar-refractivity contribution in [3.8, 4) is 0 Å². The summed E-state index contributed by atoms with van der Waals surface area (Å²) in [5, 5.41) is 12.2. The molecule has 2 N–H and O–H groups in total. The fourth-order valence-electron chi connectivity index (χ4n) is 2.75. The van der Waals surface area contributed by atoms with E-state index in [2.05, 4.69) is 12.2 Å². The highest BCUT2D eigenvalue weighted by atomic mass is 16.4. The van der Waals surface area contributed by atoms with Crippen LogP contribution in [-0.4, -0.2) is 48.1 Å². The van der Waals surface area contributed by atoms with Gasteiger partial charge >= 0.3 is 5.97 Å². The molecule has 0 spiro atoms. The van der Waals surface area contributed by atoms with Crippen molar-refractivity contribution in [3.05, 3.63) is 0 Å². The second-order valence-corrected chi connectivity index (χ2v) is 5.20. The Morgan fingerprint density at radius 1 is 1.35 bits per heavy atom. The summed E-state index contributed by atoms with van der Waals surface area (Å²) in [5.74, 6) is -0.638. The van der Waals surface area contributed by atoms with Gasteiger partial charge < -0.3 is 15.3 Å². The van der Waals surface area contributed by atoms with Crippen molar-refractivity contribution < 1.29 is 14.7 Å². The summed E-state index contributed by atoms with van der Waals surface area (Å²) in [6, 6.07) is 0. The molecule has 2 fully saturated rings. The van der Waals surface area contributed by atoms with Crippen LogP contribution in [0.1, 0.15) is 19.8 Å². The van der Waals surface area contributed by atoms with Crippen molar-refractivity contribution in [2.45, 2.75) is 19.8 Å². The van der Waals surface area contributed by atoms with Gasteiger partial charge in [-0.15, -0.1) is 0 Å². The molecule has 0 radical (unpaired) electrons. The summed E-state index contributed by atoms with van der Waals surface area (Å²) in [6.07, 6.45) is 1.49. The number of hydrogen-bond acceptors (Lipinski definition) is 3. The van der Waals surface area contributed by atoms with E-state index in [0.29, 0.717) is 25.4 Å². The van der Waals surface area contributed by atoms with Crippen LogP contribution in [0.2, 0.25) is 0 Å². The Labute approximate surface area is 101 Å². The fraction of sp³-hybridized carbons (Fsp3) is 0.833. The van der Waals surface area contributed by atoms with Gasteiger partial charge in [-0.05, 0) is 25.3 Å². The van der Waals surface area contributed by atoms with Gasteiger partial charge in [0.25, 0.3) is 0 Å². The number of aliphatic carboxylic acids is 1. The number of amides is 1. The molecule has 3 atom stereocenters. The predicted octanol–water partition coefficient (Wildman–Crippen LogP) is 0.165. The van der Waals surface area contributed by atoms with Crippen molar-refractivity contribution in [2.24, 2.45) is 17.8 Å². The maximum atomic E-state index is 12.3. The number of rotatable bonds is 2. The van der Waals surface area contributed by atoms with Crippen LogP contribution in [0.4, 0.5) is 0 Å².